The number of hydrogen-bond donors (Lipinski definition) is 0. The number of hydrogen-bond acceptors (Lipinski definition) is 7. The van der Waals surface area contributed by atoms with Gasteiger partial charge in [0.25, 0.3) is 0 Å². The summed E-state index contributed by atoms with van der Waals surface area (Å²) in [5, 5.41) is 11.5. The van der Waals surface area contributed by atoms with Crippen LogP contribution < -0.4 is 5.11 Å². The third-order valence-electron chi connectivity index (χ3n) is 7.63. The first-order valence-electron chi connectivity index (χ1n) is 17.2. The van der Waals surface area contributed by atoms with Crippen molar-refractivity contribution in [2.75, 3.05) is 41.0 Å². The van der Waals surface area contributed by atoms with Crippen LogP contribution in [0.15, 0.2) is 12.2 Å². The van der Waals surface area contributed by atoms with Crippen LogP contribution in [0.3, 0.4) is 0 Å². The van der Waals surface area contributed by atoms with Gasteiger partial charge in [-0.25, -0.2) is 0 Å². The Morgan fingerprint density at radius 3 is 1.77 bits per heavy atom. The van der Waals surface area contributed by atoms with Crippen LogP contribution in [0.1, 0.15) is 142 Å². The number of carboxylic acid groups (broad SMARTS) is 1. The number of nitrogens with zero attached hydrogens (tertiary/aromatic N) is 1. The Morgan fingerprint density at radius 1 is 0.674 bits per heavy atom. The molecule has 0 aliphatic carbocycles. The predicted octanol–water partition coefficient (Wildman–Crippen LogP) is 6.68. The number of unbranched alkanes of at least 4 members (excludes halogenated alkanes) is 14. The van der Waals surface area contributed by atoms with Gasteiger partial charge in [0.05, 0.1) is 40.3 Å². The highest BCUT2D eigenvalue weighted by Crippen LogP contribution is 2.13. The summed E-state index contributed by atoms with van der Waals surface area (Å²) in [4.78, 5) is 36.4. The average molecular weight is 612 g/mol. The van der Waals surface area contributed by atoms with Gasteiger partial charge in [0, 0.05) is 19.3 Å². The molecular weight excluding hydrogens is 546 g/mol. The van der Waals surface area contributed by atoms with Crippen LogP contribution in [0.2, 0.25) is 0 Å². The summed E-state index contributed by atoms with van der Waals surface area (Å²) in [6, 6.07) is -0.720. The lowest BCUT2D eigenvalue weighted by Gasteiger charge is -2.34. The molecule has 0 aromatic carbocycles. The molecular formula is C35H65NO7. The molecule has 0 N–H and O–H groups in total. The molecule has 43 heavy (non-hydrogen) atoms. The van der Waals surface area contributed by atoms with Gasteiger partial charge in [-0.1, -0.05) is 103 Å². The molecule has 0 rings (SSSR count). The molecule has 0 aliphatic rings. The van der Waals surface area contributed by atoms with Gasteiger partial charge in [-0.2, -0.15) is 0 Å². The molecule has 252 valence electrons. The summed E-state index contributed by atoms with van der Waals surface area (Å²) in [6.45, 7) is 4.55. The minimum Gasteiger partial charge on any atom is -0.544 e. The van der Waals surface area contributed by atoms with Crippen LogP contribution in [-0.2, 0) is 28.6 Å². The summed E-state index contributed by atoms with van der Waals surface area (Å²) in [5.74, 6) is -1.75. The fraction of sp³-hybridized carbons (Fsp3) is 0.857. The first kappa shape index (κ1) is 41.1. The molecule has 0 saturated heterocycles. The Kier molecular flexibility index (Phi) is 26.4. The van der Waals surface area contributed by atoms with E-state index in [1.165, 1.54) is 51.4 Å². The monoisotopic (exact) mass is 611 g/mol. The zero-order chi connectivity index (χ0) is 32.2. The third kappa shape index (κ3) is 26.2. The van der Waals surface area contributed by atoms with E-state index in [9.17, 15) is 19.5 Å². The normalized spacial score (nSPS) is 13.2. The molecule has 0 radical (unpaired) electrons. The van der Waals surface area contributed by atoms with E-state index in [1.807, 2.05) is 0 Å². The molecule has 2 unspecified atom stereocenters. The van der Waals surface area contributed by atoms with E-state index in [1.54, 1.807) is 21.1 Å². The van der Waals surface area contributed by atoms with Gasteiger partial charge >= 0.3 is 11.9 Å². The van der Waals surface area contributed by atoms with Gasteiger partial charge in [0.15, 0.2) is 6.10 Å². The summed E-state index contributed by atoms with van der Waals surface area (Å²) >= 11 is 0. The minimum absolute atomic E-state index is 0.0412. The van der Waals surface area contributed by atoms with Gasteiger partial charge in [-0.15, -0.1) is 0 Å². The first-order chi connectivity index (χ1) is 20.6. The van der Waals surface area contributed by atoms with Crippen LogP contribution >= 0.6 is 0 Å². The molecule has 0 heterocycles. The van der Waals surface area contributed by atoms with Crippen molar-refractivity contribution in [2.24, 2.45) is 0 Å². The number of rotatable bonds is 30. The molecule has 0 aromatic heterocycles. The first-order valence-corrected chi connectivity index (χ1v) is 17.2. The number of ether oxygens (including phenoxy) is 3. The molecule has 0 amide bonds. The van der Waals surface area contributed by atoms with Crippen molar-refractivity contribution in [1.29, 1.82) is 0 Å². The average Bonchev–Trinajstić information content (AvgIpc) is 2.94. The van der Waals surface area contributed by atoms with Crippen molar-refractivity contribution >= 4 is 17.9 Å². The van der Waals surface area contributed by atoms with Crippen molar-refractivity contribution < 1.29 is 38.2 Å². The number of aliphatic carboxylic acids is 1. The van der Waals surface area contributed by atoms with Crippen LogP contribution in [0.4, 0.5) is 0 Å². The van der Waals surface area contributed by atoms with Crippen LogP contribution in [0, 0.1) is 0 Å². The molecule has 0 saturated carbocycles. The molecule has 0 fully saturated rings. The highest BCUT2D eigenvalue weighted by Gasteiger charge is 2.25. The molecule has 8 heteroatoms. The Labute approximate surface area is 263 Å². The SMILES string of the molecule is CCC/C=C\CCCCCCCC(=O)OC(COCCC(C(=O)[O-])[N+](C)(C)C)COC(=O)CCCCCCCCCCC. The van der Waals surface area contributed by atoms with E-state index in [4.69, 9.17) is 14.2 Å². The van der Waals surface area contributed by atoms with Gasteiger partial charge in [0.2, 0.25) is 0 Å². The Hall–Kier alpha value is -1.93. The summed E-state index contributed by atoms with van der Waals surface area (Å²) in [5.41, 5.74) is 0. The quantitative estimate of drug-likeness (QED) is 0.0386. The molecule has 8 nitrogen and oxygen atoms in total. The number of carbonyl (C=O) groups is 3. The number of esters is 2. The number of quaternary nitrogens is 1. The van der Waals surface area contributed by atoms with E-state index in [0.717, 1.165) is 57.8 Å². The lowest BCUT2D eigenvalue weighted by atomic mass is 10.1. The second-order valence-electron chi connectivity index (χ2n) is 12.8. The zero-order valence-electron chi connectivity index (χ0n) is 28.4. The summed E-state index contributed by atoms with van der Waals surface area (Å²) < 4.78 is 17.0. The van der Waals surface area contributed by atoms with E-state index in [2.05, 4.69) is 26.0 Å². The number of carbonyl (C=O) groups excluding carboxylic acids is 3. The van der Waals surface area contributed by atoms with E-state index >= 15 is 0 Å². The fourth-order valence-corrected chi connectivity index (χ4v) is 4.89. The Bertz CT molecular complexity index is 732. The van der Waals surface area contributed by atoms with Crippen LogP contribution in [-0.4, -0.2) is 75.5 Å². The van der Waals surface area contributed by atoms with Gasteiger partial charge in [-0.05, 0) is 32.1 Å². The Balaban J connectivity index is 4.49. The van der Waals surface area contributed by atoms with E-state index < -0.39 is 18.1 Å². The minimum atomic E-state index is -1.13. The molecule has 0 aromatic rings. The molecule has 0 aliphatic heterocycles. The second-order valence-corrected chi connectivity index (χ2v) is 12.8. The maximum atomic E-state index is 12.5. The van der Waals surface area contributed by atoms with Crippen LogP contribution in [0.25, 0.3) is 0 Å². The highest BCUT2D eigenvalue weighted by atomic mass is 16.6. The van der Waals surface area contributed by atoms with Crippen molar-refractivity contribution in [3.8, 4) is 0 Å². The van der Waals surface area contributed by atoms with E-state index in [-0.39, 0.29) is 42.7 Å². The van der Waals surface area contributed by atoms with Crippen molar-refractivity contribution in [3.05, 3.63) is 12.2 Å². The summed E-state index contributed by atoms with van der Waals surface area (Å²) in [6.07, 6.45) is 23.8. The lowest BCUT2D eigenvalue weighted by molar-refractivity contribution is -0.889. The maximum Gasteiger partial charge on any atom is 0.306 e. The molecule has 2 atom stereocenters. The summed E-state index contributed by atoms with van der Waals surface area (Å²) in [7, 11) is 5.38. The van der Waals surface area contributed by atoms with E-state index in [0.29, 0.717) is 12.8 Å². The molecule has 0 bridgehead atoms. The highest BCUT2D eigenvalue weighted by molar-refractivity contribution is 5.70. The lowest BCUT2D eigenvalue weighted by Crippen LogP contribution is -2.55. The van der Waals surface area contributed by atoms with Crippen LogP contribution in [0.5, 0.6) is 0 Å². The van der Waals surface area contributed by atoms with Gasteiger partial charge < -0.3 is 28.6 Å². The second kappa shape index (κ2) is 27.6. The smallest absolute Gasteiger partial charge is 0.306 e. The standard InChI is InChI=1S/C35H65NO7/c1-6-8-10-12-14-16-18-20-22-24-26-34(38)43-31(29-41-28-27-32(35(39)40)36(3,4)5)30-42-33(37)25-23-21-19-17-15-13-11-9-7-2/h10,12,31-32H,6-9,11,13-30H2,1-5H3/b12-10-. The van der Waals surface area contributed by atoms with Crippen molar-refractivity contribution in [1.82, 2.24) is 0 Å². The number of allylic oxidation sites excluding steroid dienone is 2. The number of carboxylic acids is 1. The van der Waals surface area contributed by atoms with Crippen molar-refractivity contribution in [3.63, 3.8) is 0 Å². The van der Waals surface area contributed by atoms with Crippen molar-refractivity contribution in [2.45, 2.75) is 154 Å². The number of likely N-dealkylation sites (N-methyl/N-ethyl adjacent to an activating group) is 1. The van der Waals surface area contributed by atoms with Gasteiger partial charge in [0.1, 0.15) is 12.6 Å². The topological polar surface area (TPSA) is 102 Å². The molecule has 0 spiro atoms. The zero-order valence-corrected chi connectivity index (χ0v) is 28.4. The fourth-order valence-electron chi connectivity index (χ4n) is 4.89. The van der Waals surface area contributed by atoms with Gasteiger partial charge in [-0.3, -0.25) is 9.59 Å². The Morgan fingerprint density at radius 2 is 1.21 bits per heavy atom. The largest absolute Gasteiger partial charge is 0.544 e. The predicted molar refractivity (Wildman–Crippen MR) is 171 cm³/mol. The third-order valence-corrected chi connectivity index (χ3v) is 7.63. The maximum absolute atomic E-state index is 12.5.